The monoisotopic (exact) mass is 528 g/mol. The summed E-state index contributed by atoms with van der Waals surface area (Å²) in [6.45, 7) is 1.42. The highest BCUT2D eigenvalue weighted by Crippen LogP contribution is 2.45. The van der Waals surface area contributed by atoms with Crippen molar-refractivity contribution in [3.63, 3.8) is 0 Å². The number of sulfonamides is 1. The summed E-state index contributed by atoms with van der Waals surface area (Å²) in [6, 6.07) is 0. The SMILES string of the molecule is COc1ncnc(OC)c1-n1c(NS(=O)(=O)[C@@H](C)[C@H](OC)c2ncc(Cl)cn2)nnc1[C@H]1C[C@@H]1F. The second-order valence-corrected chi connectivity index (χ2v) is 10.1. The summed E-state index contributed by atoms with van der Waals surface area (Å²) in [5.41, 5.74) is 0.117. The van der Waals surface area contributed by atoms with E-state index in [1.54, 1.807) is 0 Å². The Morgan fingerprint density at radius 1 is 1.11 bits per heavy atom. The molecule has 0 aliphatic heterocycles. The van der Waals surface area contributed by atoms with E-state index in [-0.39, 0.29) is 46.5 Å². The fourth-order valence-corrected chi connectivity index (χ4v) is 4.68. The molecule has 188 valence electrons. The molecule has 3 aromatic heterocycles. The minimum atomic E-state index is -4.19. The first-order valence-electron chi connectivity index (χ1n) is 10.3. The van der Waals surface area contributed by atoms with E-state index in [1.807, 2.05) is 0 Å². The van der Waals surface area contributed by atoms with Gasteiger partial charge in [0.2, 0.25) is 27.7 Å². The molecule has 1 aliphatic rings. The summed E-state index contributed by atoms with van der Waals surface area (Å²) in [4.78, 5) is 16.2. The predicted molar refractivity (Wildman–Crippen MR) is 121 cm³/mol. The van der Waals surface area contributed by atoms with Gasteiger partial charge < -0.3 is 14.2 Å². The average molecular weight is 529 g/mol. The second kappa shape index (κ2) is 9.83. The van der Waals surface area contributed by atoms with Crippen molar-refractivity contribution in [2.45, 2.75) is 36.8 Å². The lowest BCUT2D eigenvalue weighted by Gasteiger charge is -2.22. The highest BCUT2D eigenvalue weighted by atomic mass is 35.5. The zero-order valence-electron chi connectivity index (χ0n) is 19.1. The molecule has 16 heteroatoms. The molecule has 4 atom stereocenters. The van der Waals surface area contributed by atoms with Crippen LogP contribution in [0.3, 0.4) is 0 Å². The fourth-order valence-electron chi connectivity index (χ4n) is 3.45. The van der Waals surface area contributed by atoms with Crippen LogP contribution in [0.1, 0.15) is 37.0 Å². The number of anilines is 1. The van der Waals surface area contributed by atoms with E-state index >= 15 is 0 Å². The van der Waals surface area contributed by atoms with Gasteiger partial charge in [-0.3, -0.25) is 9.29 Å². The maximum atomic E-state index is 14.0. The van der Waals surface area contributed by atoms with Crippen LogP contribution in [-0.2, 0) is 14.8 Å². The third-order valence-electron chi connectivity index (χ3n) is 5.40. The molecule has 0 aromatic carbocycles. The third kappa shape index (κ3) is 4.83. The normalized spacial score (nSPS) is 19.1. The highest BCUT2D eigenvalue weighted by Gasteiger charge is 2.45. The van der Waals surface area contributed by atoms with Crippen molar-refractivity contribution in [3.05, 3.63) is 35.4 Å². The molecule has 3 heterocycles. The molecule has 1 fully saturated rings. The smallest absolute Gasteiger partial charge is 0.245 e. The summed E-state index contributed by atoms with van der Waals surface area (Å²) in [6.07, 6.45) is 1.90. The summed E-state index contributed by atoms with van der Waals surface area (Å²) < 4.78 is 60.5. The van der Waals surface area contributed by atoms with E-state index in [2.05, 4.69) is 34.9 Å². The van der Waals surface area contributed by atoms with E-state index in [4.69, 9.17) is 25.8 Å². The fraction of sp³-hybridized carbons (Fsp3) is 0.474. The Morgan fingerprint density at radius 3 is 2.23 bits per heavy atom. The second-order valence-electron chi connectivity index (χ2n) is 7.58. The molecule has 3 aromatic rings. The molecule has 0 spiro atoms. The lowest BCUT2D eigenvalue weighted by atomic mass is 10.2. The number of rotatable bonds is 10. The van der Waals surface area contributed by atoms with Crippen molar-refractivity contribution in [2.75, 3.05) is 26.1 Å². The number of alkyl halides is 1. The van der Waals surface area contributed by atoms with Gasteiger partial charge in [-0.1, -0.05) is 11.6 Å². The van der Waals surface area contributed by atoms with Gasteiger partial charge in [0.25, 0.3) is 0 Å². The van der Waals surface area contributed by atoms with Gasteiger partial charge in [0.15, 0.2) is 11.5 Å². The highest BCUT2D eigenvalue weighted by molar-refractivity contribution is 7.93. The molecule has 1 saturated carbocycles. The molecular formula is C19H22ClFN8O5S. The number of nitrogens with zero attached hydrogens (tertiary/aromatic N) is 7. The van der Waals surface area contributed by atoms with Crippen LogP contribution in [0.2, 0.25) is 5.02 Å². The van der Waals surface area contributed by atoms with Gasteiger partial charge in [-0.2, -0.15) is 9.97 Å². The van der Waals surface area contributed by atoms with E-state index in [1.165, 1.54) is 51.5 Å². The molecule has 0 bridgehead atoms. The van der Waals surface area contributed by atoms with Gasteiger partial charge in [-0.05, 0) is 13.3 Å². The molecule has 0 amide bonds. The Bertz CT molecular complexity index is 1290. The maximum absolute atomic E-state index is 14.0. The predicted octanol–water partition coefficient (Wildman–Crippen LogP) is 1.86. The van der Waals surface area contributed by atoms with E-state index < -0.39 is 33.5 Å². The quantitative estimate of drug-likeness (QED) is 0.409. The van der Waals surface area contributed by atoms with Crippen molar-refractivity contribution >= 4 is 27.6 Å². The number of halogens is 2. The Kier molecular flexibility index (Phi) is 7.00. The van der Waals surface area contributed by atoms with Crippen molar-refractivity contribution in [2.24, 2.45) is 0 Å². The van der Waals surface area contributed by atoms with Gasteiger partial charge >= 0.3 is 0 Å². The lowest BCUT2D eigenvalue weighted by Crippen LogP contribution is -2.33. The minimum absolute atomic E-state index is 0.0480. The van der Waals surface area contributed by atoms with Crippen LogP contribution in [0.5, 0.6) is 11.8 Å². The molecule has 0 saturated heterocycles. The maximum Gasteiger partial charge on any atom is 0.245 e. The zero-order chi connectivity index (χ0) is 25.3. The van der Waals surface area contributed by atoms with Gasteiger partial charge in [0.1, 0.15) is 29.7 Å². The molecule has 0 radical (unpaired) electrons. The van der Waals surface area contributed by atoms with Crippen LogP contribution < -0.4 is 14.2 Å². The summed E-state index contributed by atoms with van der Waals surface area (Å²) in [5, 5.41) is 7.12. The topological polar surface area (TPSA) is 156 Å². The number of nitrogens with one attached hydrogen (secondary N) is 1. The van der Waals surface area contributed by atoms with Crippen molar-refractivity contribution in [1.82, 2.24) is 34.7 Å². The van der Waals surface area contributed by atoms with E-state index in [9.17, 15) is 12.8 Å². The standard InChI is InChI=1S/C19H22ClFN8O5S/c1-9(14(32-2)15-22-6-10(20)7-23-15)35(30,31)28-19-27-26-16(11-5-12(11)21)29(19)13-17(33-3)24-8-25-18(13)34-4/h6-9,11-12,14H,5H2,1-4H3,(H,27,28)/t9-,11-,12-,14-/m0/s1. The molecule has 1 N–H and O–H groups in total. The first kappa shape index (κ1) is 24.9. The van der Waals surface area contributed by atoms with Crippen LogP contribution >= 0.6 is 11.6 Å². The van der Waals surface area contributed by atoms with Crippen molar-refractivity contribution < 1.29 is 27.0 Å². The van der Waals surface area contributed by atoms with Crippen LogP contribution in [-0.4, -0.2) is 75.9 Å². The molecule has 1 aliphatic carbocycles. The molecular weight excluding hydrogens is 507 g/mol. The molecule has 4 rings (SSSR count). The van der Waals surface area contributed by atoms with Crippen molar-refractivity contribution in [1.29, 1.82) is 0 Å². The largest absolute Gasteiger partial charge is 0.479 e. The Morgan fingerprint density at radius 2 is 1.71 bits per heavy atom. The van der Waals surface area contributed by atoms with E-state index in [0.29, 0.717) is 0 Å². The van der Waals surface area contributed by atoms with Gasteiger partial charge in [0.05, 0.1) is 25.2 Å². The van der Waals surface area contributed by atoms with Gasteiger partial charge in [0, 0.05) is 19.5 Å². The Labute approximate surface area is 205 Å². The zero-order valence-corrected chi connectivity index (χ0v) is 20.7. The number of hydrogen-bond acceptors (Lipinski definition) is 11. The molecule has 0 unspecified atom stereocenters. The van der Waals surface area contributed by atoms with Crippen LogP contribution in [0.4, 0.5) is 10.3 Å². The summed E-state index contributed by atoms with van der Waals surface area (Å²) >= 11 is 5.83. The number of aromatic nitrogens is 7. The summed E-state index contributed by atoms with van der Waals surface area (Å²) in [7, 11) is -0.118. The third-order valence-corrected chi connectivity index (χ3v) is 7.28. The lowest BCUT2D eigenvalue weighted by molar-refractivity contribution is 0.0950. The number of ether oxygens (including phenoxy) is 3. The number of methoxy groups -OCH3 is 3. The van der Waals surface area contributed by atoms with Crippen LogP contribution in [0.25, 0.3) is 5.69 Å². The molecule has 35 heavy (non-hydrogen) atoms. The van der Waals surface area contributed by atoms with Crippen LogP contribution in [0, 0.1) is 0 Å². The Hall–Kier alpha value is -3.17. The van der Waals surface area contributed by atoms with Gasteiger partial charge in [-0.25, -0.2) is 22.8 Å². The van der Waals surface area contributed by atoms with Gasteiger partial charge in [-0.15, -0.1) is 10.2 Å². The first-order valence-corrected chi connectivity index (χ1v) is 12.2. The average Bonchev–Trinajstić information content (AvgIpc) is 3.44. The Balaban J connectivity index is 1.76. The first-order chi connectivity index (χ1) is 16.7. The van der Waals surface area contributed by atoms with Crippen molar-refractivity contribution in [3.8, 4) is 17.4 Å². The number of hydrogen-bond donors (Lipinski definition) is 1. The summed E-state index contributed by atoms with van der Waals surface area (Å²) in [5.74, 6) is -0.446. The molecule has 13 nitrogen and oxygen atoms in total. The minimum Gasteiger partial charge on any atom is -0.479 e. The van der Waals surface area contributed by atoms with Crippen LogP contribution in [0.15, 0.2) is 18.7 Å². The van der Waals surface area contributed by atoms with E-state index in [0.717, 1.165) is 0 Å².